The van der Waals surface area contributed by atoms with Crippen molar-refractivity contribution in [3.8, 4) is 10.4 Å². The van der Waals surface area contributed by atoms with Gasteiger partial charge >= 0.3 is 0 Å². The lowest BCUT2D eigenvalue weighted by Crippen LogP contribution is -2.24. The van der Waals surface area contributed by atoms with E-state index in [0.717, 1.165) is 46.4 Å². The van der Waals surface area contributed by atoms with Gasteiger partial charge in [0.2, 0.25) is 0 Å². The van der Waals surface area contributed by atoms with Gasteiger partial charge in [-0.1, -0.05) is 29.5 Å². The van der Waals surface area contributed by atoms with Gasteiger partial charge in [-0.05, 0) is 54.3 Å². The molecule has 0 saturated heterocycles. The number of thiazole rings is 1. The molecular formula is C24H22N6OS. The minimum Gasteiger partial charge on any atom is -0.375 e. The van der Waals surface area contributed by atoms with Crippen LogP contribution in [-0.2, 0) is 0 Å². The van der Waals surface area contributed by atoms with E-state index in [4.69, 9.17) is 5.73 Å². The van der Waals surface area contributed by atoms with Crippen LogP contribution in [-0.4, -0.2) is 45.9 Å². The van der Waals surface area contributed by atoms with Gasteiger partial charge in [0.05, 0.1) is 10.6 Å². The Labute approximate surface area is 189 Å². The maximum absolute atomic E-state index is 12.9. The van der Waals surface area contributed by atoms with Crippen LogP contribution in [0.2, 0.25) is 0 Å². The summed E-state index contributed by atoms with van der Waals surface area (Å²) in [5.41, 5.74) is 9.39. The fourth-order valence-electron chi connectivity index (χ4n) is 3.72. The first-order chi connectivity index (χ1) is 15.5. The summed E-state index contributed by atoms with van der Waals surface area (Å²) in [4.78, 5) is 29.1. The number of aromatic nitrogens is 3. The largest absolute Gasteiger partial charge is 0.375 e. The van der Waals surface area contributed by atoms with Gasteiger partial charge < -0.3 is 16.0 Å². The zero-order valence-electron chi connectivity index (χ0n) is 17.6. The lowest BCUT2D eigenvalue weighted by molar-refractivity contribution is 0.102. The van der Waals surface area contributed by atoms with Crippen molar-refractivity contribution in [3.63, 3.8) is 0 Å². The fourth-order valence-corrected chi connectivity index (χ4v) is 4.40. The molecule has 0 aliphatic carbocycles. The molecular weight excluding hydrogens is 420 g/mol. The number of pyridine rings is 2. The molecule has 1 aromatic carbocycles. The second kappa shape index (κ2) is 8.49. The quantitative estimate of drug-likeness (QED) is 0.489. The number of likely N-dealkylation sites (N-methyl/N-ethyl adjacent to an activating group) is 1. The molecule has 5 rings (SSSR count). The fraction of sp³-hybridized carbons (Fsp3) is 0.167. The second-order valence-electron chi connectivity index (χ2n) is 7.82. The average molecular weight is 443 g/mol. The first-order valence-corrected chi connectivity index (χ1v) is 11.1. The highest BCUT2D eigenvalue weighted by Crippen LogP contribution is 2.30. The molecule has 0 spiro atoms. The number of fused-ring (bicyclic) bond motifs is 1. The maximum Gasteiger partial charge on any atom is 0.256 e. The normalized spacial score (nSPS) is 14.3. The molecule has 7 nitrogen and oxygen atoms in total. The van der Waals surface area contributed by atoms with Gasteiger partial charge in [-0.25, -0.2) is 9.97 Å². The molecule has 160 valence electrons. The Morgan fingerprint density at radius 1 is 1.09 bits per heavy atom. The average Bonchev–Trinajstić information content (AvgIpc) is 3.25. The first-order valence-electron chi connectivity index (χ1n) is 10.3. The summed E-state index contributed by atoms with van der Waals surface area (Å²) in [5.74, 6) is 0.292. The third-order valence-electron chi connectivity index (χ3n) is 5.53. The molecule has 1 aliphatic rings. The Balaban J connectivity index is 1.38. The first kappa shape index (κ1) is 20.3. The summed E-state index contributed by atoms with van der Waals surface area (Å²) in [5, 5.41) is 5.42. The summed E-state index contributed by atoms with van der Waals surface area (Å²) in [6.45, 7) is 1.88. The zero-order chi connectivity index (χ0) is 22.1. The summed E-state index contributed by atoms with van der Waals surface area (Å²) in [6, 6.07) is 11.5. The van der Waals surface area contributed by atoms with Gasteiger partial charge in [-0.3, -0.25) is 9.78 Å². The van der Waals surface area contributed by atoms with E-state index in [0.29, 0.717) is 16.5 Å². The summed E-state index contributed by atoms with van der Waals surface area (Å²) in [6.07, 6.45) is 8.31. The predicted octanol–water partition coefficient (Wildman–Crippen LogP) is 4.31. The number of carbonyl (C=O) groups is 1. The number of benzene rings is 1. The molecule has 4 heterocycles. The van der Waals surface area contributed by atoms with E-state index < -0.39 is 0 Å². The number of nitrogen functional groups attached to an aromatic ring is 1. The number of amides is 1. The number of rotatable bonds is 4. The molecule has 0 saturated carbocycles. The van der Waals surface area contributed by atoms with Crippen LogP contribution in [0.15, 0.2) is 61.1 Å². The number of hydrogen-bond donors (Lipinski definition) is 2. The Hall–Kier alpha value is -3.62. The molecule has 0 atom stereocenters. The molecule has 1 aliphatic heterocycles. The highest BCUT2D eigenvalue weighted by atomic mass is 32.1. The van der Waals surface area contributed by atoms with Gasteiger partial charge in [0.25, 0.3) is 5.91 Å². The Morgan fingerprint density at radius 2 is 2.00 bits per heavy atom. The summed E-state index contributed by atoms with van der Waals surface area (Å²) in [7, 11) is 2.09. The Bertz CT molecular complexity index is 1350. The van der Waals surface area contributed by atoms with Crippen LogP contribution in [0.5, 0.6) is 0 Å². The lowest BCUT2D eigenvalue weighted by atomic mass is 10.0. The van der Waals surface area contributed by atoms with Crippen LogP contribution in [0.25, 0.3) is 26.8 Å². The number of nitrogens with two attached hydrogens (primary N) is 1. The van der Waals surface area contributed by atoms with Crippen molar-refractivity contribution in [1.29, 1.82) is 0 Å². The highest BCUT2D eigenvalue weighted by Gasteiger charge is 2.14. The predicted molar refractivity (Wildman–Crippen MR) is 130 cm³/mol. The van der Waals surface area contributed by atoms with Gasteiger partial charge in [0, 0.05) is 42.6 Å². The maximum atomic E-state index is 12.9. The number of nitrogens with zero attached hydrogens (tertiary/aromatic N) is 4. The molecule has 0 bridgehead atoms. The third kappa shape index (κ3) is 4.23. The van der Waals surface area contributed by atoms with E-state index in [1.54, 1.807) is 24.7 Å². The van der Waals surface area contributed by atoms with E-state index in [9.17, 15) is 4.79 Å². The Kier molecular flexibility index (Phi) is 5.38. The molecule has 32 heavy (non-hydrogen) atoms. The van der Waals surface area contributed by atoms with Crippen LogP contribution >= 0.6 is 11.3 Å². The monoisotopic (exact) mass is 442 g/mol. The molecule has 1 amide bonds. The topological polar surface area (TPSA) is 97.0 Å². The standard InChI is InChI=1S/C24H22N6OS/c1-30-8-5-15(6-9-30)20-11-17(4-7-26-20)23(31)29-22-12-19-10-16(2-3-18(19)13-27-22)21-14-28-24(25)32-21/h2-5,7,10-14H,6,8-9H2,1H3,(H2,25,28)(H,27,29,31). The molecule has 4 aromatic rings. The van der Waals surface area contributed by atoms with Crippen molar-refractivity contribution in [3.05, 3.63) is 72.3 Å². The smallest absolute Gasteiger partial charge is 0.256 e. The summed E-state index contributed by atoms with van der Waals surface area (Å²) < 4.78 is 0. The van der Waals surface area contributed by atoms with Gasteiger partial charge in [-0.15, -0.1) is 0 Å². The van der Waals surface area contributed by atoms with E-state index in [1.165, 1.54) is 16.9 Å². The number of carbonyl (C=O) groups excluding carboxylic acids is 1. The zero-order valence-corrected chi connectivity index (χ0v) is 18.4. The van der Waals surface area contributed by atoms with Crippen molar-refractivity contribution in [2.24, 2.45) is 0 Å². The molecule has 3 N–H and O–H groups in total. The summed E-state index contributed by atoms with van der Waals surface area (Å²) >= 11 is 1.44. The Morgan fingerprint density at radius 3 is 2.78 bits per heavy atom. The molecule has 0 unspecified atom stereocenters. The van der Waals surface area contributed by atoms with Crippen molar-refractivity contribution >= 4 is 44.5 Å². The van der Waals surface area contributed by atoms with Crippen LogP contribution in [0.3, 0.4) is 0 Å². The third-order valence-corrected chi connectivity index (χ3v) is 6.41. The van der Waals surface area contributed by atoms with Crippen LogP contribution < -0.4 is 11.1 Å². The lowest BCUT2D eigenvalue weighted by Gasteiger charge is -2.21. The van der Waals surface area contributed by atoms with E-state index in [1.807, 2.05) is 24.3 Å². The van der Waals surface area contributed by atoms with Crippen LogP contribution in [0.4, 0.5) is 10.9 Å². The molecule has 8 heteroatoms. The highest BCUT2D eigenvalue weighted by molar-refractivity contribution is 7.18. The van der Waals surface area contributed by atoms with Gasteiger partial charge in [0.15, 0.2) is 5.13 Å². The number of nitrogens with one attached hydrogen (secondary N) is 1. The van der Waals surface area contributed by atoms with Gasteiger partial charge in [0.1, 0.15) is 5.82 Å². The molecule has 0 fully saturated rings. The minimum atomic E-state index is -0.208. The minimum absolute atomic E-state index is 0.208. The van der Waals surface area contributed by atoms with Gasteiger partial charge in [-0.2, -0.15) is 0 Å². The molecule has 0 radical (unpaired) electrons. The van der Waals surface area contributed by atoms with E-state index >= 15 is 0 Å². The second-order valence-corrected chi connectivity index (χ2v) is 8.88. The van der Waals surface area contributed by atoms with Crippen molar-refractivity contribution < 1.29 is 4.79 Å². The molecule has 3 aromatic heterocycles. The van der Waals surface area contributed by atoms with E-state index in [2.05, 4.69) is 44.4 Å². The van der Waals surface area contributed by atoms with E-state index in [-0.39, 0.29) is 5.91 Å². The van der Waals surface area contributed by atoms with Crippen molar-refractivity contribution in [2.45, 2.75) is 6.42 Å². The van der Waals surface area contributed by atoms with Crippen molar-refractivity contribution in [2.75, 3.05) is 31.2 Å². The SMILES string of the molecule is CN1CC=C(c2cc(C(=O)Nc3cc4cc(-c5cnc(N)s5)ccc4cn3)ccn2)CC1. The van der Waals surface area contributed by atoms with Crippen LogP contribution in [0, 0.1) is 0 Å². The van der Waals surface area contributed by atoms with Crippen LogP contribution in [0.1, 0.15) is 22.5 Å². The van der Waals surface area contributed by atoms with Crippen molar-refractivity contribution in [1.82, 2.24) is 19.9 Å². The number of hydrogen-bond acceptors (Lipinski definition) is 7. The number of anilines is 2.